The monoisotopic (exact) mass is 433 g/mol. The summed E-state index contributed by atoms with van der Waals surface area (Å²) in [6, 6.07) is 16.6. The van der Waals surface area contributed by atoms with Crippen LogP contribution in [0.3, 0.4) is 0 Å². The second kappa shape index (κ2) is 12.2. The van der Waals surface area contributed by atoms with Crippen LogP contribution in [0.25, 0.3) is 0 Å². The Balaban J connectivity index is 0.00000176. The second-order valence-electron chi connectivity index (χ2n) is 7.14. The van der Waals surface area contributed by atoms with E-state index >= 15 is 0 Å². The van der Waals surface area contributed by atoms with Crippen molar-refractivity contribution in [3.05, 3.63) is 82.7 Å². The van der Waals surface area contributed by atoms with Gasteiger partial charge < -0.3 is 20.5 Å². The van der Waals surface area contributed by atoms with Gasteiger partial charge in [-0.1, -0.05) is 38.1 Å². The number of ether oxygens (including phenoxy) is 1. The standard InChI is InChI=1S/C24H25N3O3.C2H6/c1-16-6-3-4-7-21(16)23-18(14-25)15-27-17(2)22(23)24(29)26-12-5-13-30-20-10-8-19(28)9-11-20;1-2/h3-4,6-11,15,23,27-28H,5,12-13H2,1-2H3,(H,26,29);1-2H3. The highest BCUT2D eigenvalue weighted by Crippen LogP contribution is 2.36. The summed E-state index contributed by atoms with van der Waals surface area (Å²) < 4.78 is 5.61. The molecule has 2 aromatic rings. The minimum absolute atomic E-state index is 0.188. The van der Waals surface area contributed by atoms with Crippen LogP contribution in [0.5, 0.6) is 11.5 Å². The highest BCUT2D eigenvalue weighted by atomic mass is 16.5. The first-order chi connectivity index (χ1) is 15.5. The van der Waals surface area contributed by atoms with E-state index in [1.807, 2.05) is 52.0 Å². The molecule has 0 saturated carbocycles. The predicted octanol–water partition coefficient (Wildman–Crippen LogP) is 4.68. The van der Waals surface area contributed by atoms with Gasteiger partial charge >= 0.3 is 0 Å². The number of rotatable bonds is 7. The molecule has 1 aliphatic heterocycles. The zero-order chi connectivity index (χ0) is 23.5. The van der Waals surface area contributed by atoms with Crippen LogP contribution in [0.4, 0.5) is 0 Å². The number of aryl methyl sites for hydroxylation is 1. The van der Waals surface area contributed by atoms with Crippen LogP contribution in [-0.2, 0) is 4.79 Å². The van der Waals surface area contributed by atoms with E-state index in [9.17, 15) is 15.2 Å². The van der Waals surface area contributed by atoms with Crippen molar-refractivity contribution in [2.24, 2.45) is 0 Å². The molecule has 0 radical (unpaired) electrons. The maximum absolute atomic E-state index is 13.0. The van der Waals surface area contributed by atoms with Gasteiger partial charge in [-0.3, -0.25) is 4.79 Å². The number of aromatic hydroxyl groups is 1. The molecule has 0 bridgehead atoms. The number of amides is 1. The van der Waals surface area contributed by atoms with Crippen LogP contribution < -0.4 is 15.4 Å². The maximum atomic E-state index is 13.0. The Morgan fingerprint density at radius 1 is 1.16 bits per heavy atom. The number of nitriles is 1. The van der Waals surface area contributed by atoms with Gasteiger partial charge in [-0.2, -0.15) is 5.26 Å². The van der Waals surface area contributed by atoms with E-state index in [1.165, 1.54) is 0 Å². The molecule has 6 heteroatoms. The van der Waals surface area contributed by atoms with Crippen molar-refractivity contribution in [3.63, 3.8) is 0 Å². The van der Waals surface area contributed by atoms with Gasteiger partial charge in [-0.15, -0.1) is 0 Å². The molecule has 0 aliphatic carbocycles. The summed E-state index contributed by atoms with van der Waals surface area (Å²) >= 11 is 0. The van der Waals surface area contributed by atoms with Crippen molar-refractivity contribution in [1.29, 1.82) is 5.26 Å². The van der Waals surface area contributed by atoms with Crippen molar-refractivity contribution in [2.45, 2.75) is 40.0 Å². The third-order valence-corrected chi connectivity index (χ3v) is 5.03. The lowest BCUT2D eigenvalue weighted by Gasteiger charge is -2.27. The average Bonchev–Trinajstić information content (AvgIpc) is 2.81. The van der Waals surface area contributed by atoms with Gasteiger partial charge in [0, 0.05) is 24.0 Å². The lowest BCUT2D eigenvalue weighted by Crippen LogP contribution is -2.34. The molecule has 1 amide bonds. The van der Waals surface area contributed by atoms with E-state index in [4.69, 9.17) is 4.74 Å². The summed E-state index contributed by atoms with van der Waals surface area (Å²) in [5, 5.41) is 24.9. The van der Waals surface area contributed by atoms with Gasteiger partial charge in [0.2, 0.25) is 5.91 Å². The zero-order valence-electron chi connectivity index (χ0n) is 19.1. The fraction of sp³-hybridized carbons (Fsp3) is 0.308. The van der Waals surface area contributed by atoms with Gasteiger partial charge in [-0.25, -0.2) is 0 Å². The third-order valence-electron chi connectivity index (χ3n) is 5.03. The van der Waals surface area contributed by atoms with E-state index in [0.717, 1.165) is 16.8 Å². The fourth-order valence-corrected chi connectivity index (χ4v) is 3.45. The highest BCUT2D eigenvalue weighted by Gasteiger charge is 2.31. The second-order valence-corrected chi connectivity index (χ2v) is 7.14. The Morgan fingerprint density at radius 3 is 2.50 bits per heavy atom. The quantitative estimate of drug-likeness (QED) is 0.551. The molecule has 1 atom stereocenters. The molecule has 1 heterocycles. The molecule has 32 heavy (non-hydrogen) atoms. The molecule has 0 aromatic heterocycles. The van der Waals surface area contributed by atoms with Crippen LogP contribution in [0.15, 0.2) is 71.6 Å². The molecule has 0 saturated heterocycles. The number of hydrogen-bond acceptors (Lipinski definition) is 5. The van der Waals surface area contributed by atoms with Gasteiger partial charge in [0.05, 0.1) is 24.2 Å². The van der Waals surface area contributed by atoms with Gasteiger partial charge in [0.25, 0.3) is 0 Å². The molecular formula is C26H31N3O3. The van der Waals surface area contributed by atoms with E-state index < -0.39 is 5.92 Å². The molecule has 0 fully saturated rings. The first kappa shape index (κ1) is 24.5. The Labute approximate surface area is 190 Å². The van der Waals surface area contributed by atoms with Crippen LogP contribution in [0.1, 0.15) is 44.2 Å². The molecular weight excluding hydrogens is 402 g/mol. The summed E-state index contributed by atoms with van der Waals surface area (Å²) in [5.41, 5.74) is 3.79. The minimum Gasteiger partial charge on any atom is -0.508 e. The molecule has 0 spiro atoms. The van der Waals surface area contributed by atoms with Gasteiger partial charge in [0.15, 0.2) is 0 Å². The molecule has 3 N–H and O–H groups in total. The Hall–Kier alpha value is -3.72. The van der Waals surface area contributed by atoms with Crippen molar-refractivity contribution in [3.8, 4) is 17.6 Å². The maximum Gasteiger partial charge on any atom is 0.249 e. The molecule has 3 rings (SSSR count). The van der Waals surface area contributed by atoms with Crippen LogP contribution >= 0.6 is 0 Å². The molecule has 6 nitrogen and oxygen atoms in total. The van der Waals surface area contributed by atoms with Crippen molar-refractivity contribution in [2.75, 3.05) is 13.2 Å². The number of hydrogen-bond donors (Lipinski definition) is 3. The fourth-order valence-electron chi connectivity index (χ4n) is 3.45. The topological polar surface area (TPSA) is 94.4 Å². The van der Waals surface area contributed by atoms with Crippen LogP contribution in [0.2, 0.25) is 0 Å². The Kier molecular flexibility index (Phi) is 9.37. The van der Waals surface area contributed by atoms with E-state index in [0.29, 0.717) is 36.5 Å². The first-order valence-electron chi connectivity index (χ1n) is 10.8. The largest absolute Gasteiger partial charge is 0.508 e. The van der Waals surface area contributed by atoms with Gasteiger partial charge in [-0.05, 0) is 55.7 Å². The van der Waals surface area contributed by atoms with Crippen molar-refractivity contribution >= 4 is 5.91 Å². The van der Waals surface area contributed by atoms with Gasteiger partial charge in [0.1, 0.15) is 11.5 Å². The summed E-state index contributed by atoms with van der Waals surface area (Å²) in [6.45, 7) is 8.71. The molecule has 1 aliphatic rings. The number of dihydropyridines is 1. The third kappa shape index (κ3) is 6.14. The number of carbonyl (C=O) groups excluding carboxylic acids is 1. The number of phenols is 1. The van der Waals surface area contributed by atoms with Crippen molar-refractivity contribution < 1.29 is 14.6 Å². The number of benzene rings is 2. The molecule has 2 aromatic carbocycles. The first-order valence-corrected chi connectivity index (χ1v) is 10.8. The van der Waals surface area contributed by atoms with E-state index in [1.54, 1.807) is 30.5 Å². The summed E-state index contributed by atoms with van der Waals surface area (Å²) in [7, 11) is 0. The lowest BCUT2D eigenvalue weighted by molar-refractivity contribution is -0.117. The highest BCUT2D eigenvalue weighted by molar-refractivity contribution is 5.97. The lowest BCUT2D eigenvalue weighted by atomic mass is 9.80. The smallest absolute Gasteiger partial charge is 0.249 e. The van der Waals surface area contributed by atoms with E-state index in [-0.39, 0.29) is 11.7 Å². The normalized spacial score (nSPS) is 14.8. The zero-order valence-corrected chi connectivity index (χ0v) is 19.1. The van der Waals surface area contributed by atoms with Crippen LogP contribution in [-0.4, -0.2) is 24.2 Å². The SMILES string of the molecule is CC.CC1=C(C(=O)NCCCOc2ccc(O)cc2)C(c2ccccc2C)C(C#N)=CN1. The Bertz CT molecular complexity index is 1020. The summed E-state index contributed by atoms with van der Waals surface area (Å²) in [5.74, 6) is 0.260. The van der Waals surface area contributed by atoms with E-state index in [2.05, 4.69) is 16.7 Å². The molecule has 1 unspecified atom stereocenters. The minimum atomic E-state index is -0.398. The number of nitrogens with zero attached hydrogens (tertiary/aromatic N) is 1. The molecule has 168 valence electrons. The summed E-state index contributed by atoms with van der Waals surface area (Å²) in [4.78, 5) is 13.0. The Morgan fingerprint density at radius 2 is 1.84 bits per heavy atom. The number of phenolic OH excluding ortho intramolecular Hbond substituents is 1. The van der Waals surface area contributed by atoms with Crippen LogP contribution in [0, 0.1) is 18.3 Å². The predicted molar refractivity (Wildman–Crippen MR) is 126 cm³/mol. The number of carbonyl (C=O) groups is 1. The number of nitrogens with one attached hydrogen (secondary N) is 2. The average molecular weight is 434 g/mol. The summed E-state index contributed by atoms with van der Waals surface area (Å²) in [6.07, 6.45) is 2.30. The number of allylic oxidation sites excluding steroid dienone is 2. The van der Waals surface area contributed by atoms with Crippen molar-refractivity contribution in [1.82, 2.24) is 10.6 Å².